The third-order valence-electron chi connectivity index (χ3n) is 5.56. The number of amides is 3. The number of aryl methyl sites for hydroxylation is 1. The van der Waals surface area contributed by atoms with Gasteiger partial charge in [0.25, 0.3) is 5.91 Å². The maximum Gasteiger partial charge on any atom is 0.256 e. The Morgan fingerprint density at radius 2 is 1.73 bits per heavy atom. The molecule has 0 aliphatic carbocycles. The van der Waals surface area contributed by atoms with Crippen molar-refractivity contribution < 1.29 is 19.1 Å². The maximum atomic E-state index is 12.9. The first kappa shape index (κ1) is 20.1. The number of carbonyl (C=O) groups is 3. The molecule has 7 nitrogen and oxygen atoms in total. The van der Waals surface area contributed by atoms with E-state index in [1.807, 2.05) is 31.2 Å². The van der Waals surface area contributed by atoms with Gasteiger partial charge in [-0.05, 0) is 31.2 Å². The lowest BCUT2D eigenvalue weighted by molar-refractivity contribution is -0.122. The Labute approximate surface area is 175 Å². The van der Waals surface area contributed by atoms with Gasteiger partial charge in [-0.1, -0.05) is 29.8 Å². The molecule has 2 heterocycles. The molecule has 4 rings (SSSR count). The van der Waals surface area contributed by atoms with E-state index in [1.165, 1.54) is 0 Å². The summed E-state index contributed by atoms with van der Waals surface area (Å²) in [5.41, 5.74) is 2.83. The van der Waals surface area contributed by atoms with Gasteiger partial charge < -0.3 is 19.9 Å². The zero-order valence-corrected chi connectivity index (χ0v) is 17.0. The lowest BCUT2D eigenvalue weighted by Crippen LogP contribution is -2.41. The van der Waals surface area contributed by atoms with Crippen molar-refractivity contribution >= 4 is 29.1 Å². The van der Waals surface area contributed by atoms with Crippen molar-refractivity contribution in [2.75, 3.05) is 43.1 Å². The first-order chi connectivity index (χ1) is 14.5. The topological polar surface area (TPSA) is 79.0 Å². The van der Waals surface area contributed by atoms with Crippen LogP contribution >= 0.6 is 0 Å². The van der Waals surface area contributed by atoms with Crippen LogP contribution in [0.3, 0.4) is 0 Å². The van der Waals surface area contributed by atoms with Crippen molar-refractivity contribution in [1.82, 2.24) is 4.90 Å². The molecule has 1 N–H and O–H groups in total. The van der Waals surface area contributed by atoms with Crippen LogP contribution in [0.15, 0.2) is 48.5 Å². The van der Waals surface area contributed by atoms with Gasteiger partial charge >= 0.3 is 0 Å². The van der Waals surface area contributed by atoms with Crippen LogP contribution in [0.2, 0.25) is 0 Å². The number of para-hydroxylation sites is 1. The molecule has 2 aromatic carbocycles. The largest absolute Gasteiger partial charge is 0.378 e. The van der Waals surface area contributed by atoms with E-state index in [0.29, 0.717) is 44.1 Å². The molecular weight excluding hydrogens is 382 g/mol. The van der Waals surface area contributed by atoms with Crippen LogP contribution in [0.4, 0.5) is 11.4 Å². The normalized spacial score (nSPS) is 19.1. The summed E-state index contributed by atoms with van der Waals surface area (Å²) >= 11 is 0. The van der Waals surface area contributed by atoms with Crippen molar-refractivity contribution in [2.24, 2.45) is 5.92 Å². The van der Waals surface area contributed by atoms with Gasteiger partial charge in [0.2, 0.25) is 11.8 Å². The molecule has 0 saturated carbocycles. The fraction of sp³-hybridized carbons (Fsp3) is 0.348. The highest BCUT2D eigenvalue weighted by molar-refractivity contribution is 6.07. The number of carbonyl (C=O) groups excluding carboxylic acids is 3. The summed E-state index contributed by atoms with van der Waals surface area (Å²) in [4.78, 5) is 41.7. The molecule has 2 fully saturated rings. The summed E-state index contributed by atoms with van der Waals surface area (Å²) in [6.07, 6.45) is 0.152. The van der Waals surface area contributed by atoms with Crippen LogP contribution in [0.1, 0.15) is 22.3 Å². The number of rotatable bonds is 4. The summed E-state index contributed by atoms with van der Waals surface area (Å²) < 4.78 is 5.31. The summed E-state index contributed by atoms with van der Waals surface area (Å²) in [7, 11) is 0. The molecule has 0 spiro atoms. The zero-order chi connectivity index (χ0) is 21.1. The highest BCUT2D eigenvalue weighted by Crippen LogP contribution is 2.27. The van der Waals surface area contributed by atoms with Gasteiger partial charge in [0, 0.05) is 31.7 Å². The molecule has 0 unspecified atom stereocenters. The van der Waals surface area contributed by atoms with E-state index < -0.39 is 5.92 Å². The van der Waals surface area contributed by atoms with Crippen LogP contribution in [-0.2, 0) is 14.3 Å². The SMILES string of the molecule is Cc1ccc(N2C[C@H](C(=O)Nc3ccccc3C(=O)N3CCOCC3)CC2=O)cc1. The van der Waals surface area contributed by atoms with Crippen LogP contribution in [0.25, 0.3) is 0 Å². The standard InChI is InChI=1S/C23H25N3O4/c1-16-6-8-18(9-7-16)26-15-17(14-21(26)27)22(28)24-20-5-3-2-4-19(20)23(29)25-10-12-30-13-11-25/h2-9,17H,10-15H2,1H3,(H,24,28)/t17-/m1/s1. The summed E-state index contributed by atoms with van der Waals surface area (Å²) in [5.74, 6) is -0.916. The Balaban J connectivity index is 1.46. The van der Waals surface area contributed by atoms with Gasteiger partial charge in [-0.2, -0.15) is 0 Å². The van der Waals surface area contributed by atoms with E-state index in [2.05, 4.69) is 5.32 Å². The van der Waals surface area contributed by atoms with Crippen molar-refractivity contribution in [2.45, 2.75) is 13.3 Å². The van der Waals surface area contributed by atoms with Crippen molar-refractivity contribution in [3.05, 3.63) is 59.7 Å². The molecule has 30 heavy (non-hydrogen) atoms. The maximum absolute atomic E-state index is 12.9. The summed E-state index contributed by atoms with van der Waals surface area (Å²) in [6, 6.07) is 14.7. The number of nitrogens with one attached hydrogen (secondary N) is 1. The lowest BCUT2D eigenvalue weighted by atomic mass is 10.1. The van der Waals surface area contributed by atoms with E-state index in [0.717, 1.165) is 11.3 Å². The minimum absolute atomic E-state index is 0.0725. The van der Waals surface area contributed by atoms with Crippen LogP contribution < -0.4 is 10.2 Å². The number of anilines is 2. The van der Waals surface area contributed by atoms with E-state index in [-0.39, 0.29) is 24.1 Å². The average molecular weight is 407 g/mol. The Morgan fingerprint density at radius 3 is 2.47 bits per heavy atom. The minimum atomic E-state index is -0.467. The quantitative estimate of drug-likeness (QED) is 0.845. The Morgan fingerprint density at radius 1 is 1.03 bits per heavy atom. The van der Waals surface area contributed by atoms with Gasteiger partial charge in [-0.3, -0.25) is 14.4 Å². The molecule has 0 radical (unpaired) electrons. The third-order valence-corrected chi connectivity index (χ3v) is 5.56. The predicted octanol–water partition coefficient (Wildman–Crippen LogP) is 2.46. The van der Waals surface area contributed by atoms with Gasteiger partial charge in [0.15, 0.2) is 0 Å². The van der Waals surface area contributed by atoms with Gasteiger partial charge in [-0.25, -0.2) is 0 Å². The van der Waals surface area contributed by atoms with E-state index in [1.54, 1.807) is 34.1 Å². The van der Waals surface area contributed by atoms with Crippen molar-refractivity contribution in [3.63, 3.8) is 0 Å². The summed E-state index contributed by atoms with van der Waals surface area (Å²) in [6.45, 7) is 4.40. The molecule has 2 aliphatic rings. The van der Waals surface area contributed by atoms with Crippen LogP contribution in [0, 0.1) is 12.8 Å². The molecule has 2 saturated heterocycles. The molecule has 1 atom stereocenters. The Bertz CT molecular complexity index is 951. The highest BCUT2D eigenvalue weighted by Gasteiger charge is 2.35. The molecule has 156 valence electrons. The van der Waals surface area contributed by atoms with Crippen LogP contribution in [-0.4, -0.2) is 55.5 Å². The van der Waals surface area contributed by atoms with Crippen LogP contribution in [0.5, 0.6) is 0 Å². The van der Waals surface area contributed by atoms with Gasteiger partial charge in [0.05, 0.1) is 30.4 Å². The fourth-order valence-electron chi connectivity index (χ4n) is 3.81. The third kappa shape index (κ3) is 4.21. The van der Waals surface area contributed by atoms with Gasteiger partial charge in [0.1, 0.15) is 0 Å². The Kier molecular flexibility index (Phi) is 5.81. The minimum Gasteiger partial charge on any atom is -0.378 e. The van der Waals surface area contributed by atoms with Crippen molar-refractivity contribution in [1.29, 1.82) is 0 Å². The van der Waals surface area contributed by atoms with E-state index in [9.17, 15) is 14.4 Å². The number of benzene rings is 2. The monoisotopic (exact) mass is 407 g/mol. The molecule has 7 heteroatoms. The summed E-state index contributed by atoms with van der Waals surface area (Å²) in [5, 5.41) is 2.88. The lowest BCUT2D eigenvalue weighted by Gasteiger charge is -2.27. The number of hydrogen-bond donors (Lipinski definition) is 1. The smallest absolute Gasteiger partial charge is 0.256 e. The van der Waals surface area contributed by atoms with E-state index >= 15 is 0 Å². The fourth-order valence-corrected chi connectivity index (χ4v) is 3.81. The second-order valence-electron chi connectivity index (χ2n) is 7.68. The number of ether oxygens (including phenoxy) is 1. The Hall–Kier alpha value is -3.19. The van der Waals surface area contributed by atoms with Gasteiger partial charge in [-0.15, -0.1) is 0 Å². The second kappa shape index (κ2) is 8.67. The number of hydrogen-bond acceptors (Lipinski definition) is 4. The molecule has 0 bridgehead atoms. The highest BCUT2D eigenvalue weighted by atomic mass is 16.5. The van der Waals surface area contributed by atoms with Crippen molar-refractivity contribution in [3.8, 4) is 0 Å². The molecule has 3 amide bonds. The molecule has 0 aromatic heterocycles. The first-order valence-corrected chi connectivity index (χ1v) is 10.2. The first-order valence-electron chi connectivity index (χ1n) is 10.2. The second-order valence-corrected chi connectivity index (χ2v) is 7.68. The molecule has 2 aromatic rings. The number of morpholine rings is 1. The number of nitrogens with zero attached hydrogens (tertiary/aromatic N) is 2. The van der Waals surface area contributed by atoms with E-state index in [4.69, 9.17) is 4.74 Å². The molecule has 2 aliphatic heterocycles. The molecular formula is C23H25N3O4. The zero-order valence-electron chi connectivity index (χ0n) is 17.0. The average Bonchev–Trinajstić information content (AvgIpc) is 3.16. The predicted molar refractivity (Wildman–Crippen MR) is 113 cm³/mol.